The number of halogens is 1. The first-order valence-electron chi connectivity index (χ1n) is 7.54. The van der Waals surface area contributed by atoms with E-state index in [4.69, 9.17) is 4.74 Å². The fourth-order valence-corrected chi connectivity index (χ4v) is 2.39. The van der Waals surface area contributed by atoms with Gasteiger partial charge in [0.15, 0.2) is 0 Å². The summed E-state index contributed by atoms with van der Waals surface area (Å²) in [5.74, 6) is 0. The van der Waals surface area contributed by atoms with Crippen LogP contribution < -0.4 is 5.32 Å². The Morgan fingerprint density at radius 3 is 2.58 bits per heavy atom. The number of amides is 1. The number of rotatable bonds is 6. The Labute approximate surface area is 149 Å². The number of aliphatic hydroxyl groups is 2. The Balaban J connectivity index is 1.80. The first kappa shape index (κ1) is 18.4. The highest BCUT2D eigenvalue weighted by Crippen LogP contribution is 2.23. The van der Waals surface area contributed by atoms with Crippen LogP contribution in [0, 0.1) is 6.92 Å². The molecule has 2 unspecified atom stereocenters. The van der Waals surface area contributed by atoms with E-state index in [1.807, 2.05) is 43.3 Å². The molecule has 0 aliphatic rings. The third-order valence-electron chi connectivity index (χ3n) is 3.56. The molecule has 0 aromatic heterocycles. The molecule has 0 heterocycles. The second-order valence-corrected chi connectivity index (χ2v) is 6.32. The third kappa shape index (κ3) is 5.33. The number of hydrogen-bond donors (Lipinski definition) is 3. The largest absolute Gasteiger partial charge is 0.445 e. The maximum Gasteiger partial charge on any atom is 0.407 e. The Bertz CT molecular complexity index is 678. The lowest BCUT2D eigenvalue weighted by Gasteiger charge is -2.19. The number of ether oxygens (including phenoxy) is 1. The molecule has 0 saturated heterocycles. The Kier molecular flexibility index (Phi) is 6.78. The van der Waals surface area contributed by atoms with Crippen LogP contribution in [0.4, 0.5) is 4.79 Å². The van der Waals surface area contributed by atoms with Gasteiger partial charge in [-0.2, -0.15) is 0 Å². The van der Waals surface area contributed by atoms with Crippen molar-refractivity contribution in [2.45, 2.75) is 25.7 Å². The van der Waals surface area contributed by atoms with Gasteiger partial charge >= 0.3 is 6.09 Å². The van der Waals surface area contributed by atoms with E-state index in [1.165, 1.54) is 0 Å². The molecule has 2 aromatic carbocycles. The van der Waals surface area contributed by atoms with Gasteiger partial charge in [-0.3, -0.25) is 0 Å². The monoisotopic (exact) mass is 393 g/mol. The molecule has 6 heteroatoms. The van der Waals surface area contributed by atoms with Crippen molar-refractivity contribution in [2.75, 3.05) is 6.54 Å². The molecule has 0 fully saturated rings. The molecular weight excluding hydrogens is 374 g/mol. The lowest BCUT2D eigenvalue weighted by Crippen LogP contribution is -2.35. The number of carbonyl (C=O) groups excluding carboxylic acids is 1. The number of nitrogens with one attached hydrogen (secondary N) is 1. The zero-order chi connectivity index (χ0) is 17.5. The van der Waals surface area contributed by atoms with E-state index >= 15 is 0 Å². The highest BCUT2D eigenvalue weighted by molar-refractivity contribution is 9.10. The summed E-state index contributed by atoms with van der Waals surface area (Å²) in [5.41, 5.74) is 2.41. The number of hydrogen-bond acceptors (Lipinski definition) is 4. The number of benzene rings is 2. The molecule has 0 saturated carbocycles. The molecule has 0 aliphatic carbocycles. The van der Waals surface area contributed by atoms with E-state index in [1.54, 1.807) is 12.1 Å². The van der Waals surface area contributed by atoms with E-state index < -0.39 is 18.3 Å². The van der Waals surface area contributed by atoms with E-state index in [2.05, 4.69) is 21.2 Å². The minimum Gasteiger partial charge on any atom is -0.445 e. The minimum absolute atomic E-state index is 0.107. The summed E-state index contributed by atoms with van der Waals surface area (Å²) in [6.45, 7) is 1.94. The molecule has 2 aromatic rings. The highest BCUT2D eigenvalue weighted by atomic mass is 79.9. The number of alkyl carbamates (subject to hydrolysis) is 1. The average Bonchev–Trinajstić information content (AvgIpc) is 2.60. The van der Waals surface area contributed by atoms with Crippen LogP contribution in [0.25, 0.3) is 0 Å². The lowest BCUT2D eigenvalue weighted by molar-refractivity contribution is 0.0183. The van der Waals surface area contributed by atoms with Crippen molar-refractivity contribution in [3.8, 4) is 0 Å². The summed E-state index contributed by atoms with van der Waals surface area (Å²) >= 11 is 3.38. The summed E-state index contributed by atoms with van der Waals surface area (Å²) in [6, 6.07) is 14.6. The second-order valence-electron chi connectivity index (χ2n) is 5.46. The molecule has 2 atom stereocenters. The smallest absolute Gasteiger partial charge is 0.407 e. The van der Waals surface area contributed by atoms with Gasteiger partial charge in [0.05, 0.1) is 0 Å². The van der Waals surface area contributed by atoms with Crippen molar-refractivity contribution in [3.05, 3.63) is 69.7 Å². The Morgan fingerprint density at radius 2 is 1.92 bits per heavy atom. The zero-order valence-electron chi connectivity index (χ0n) is 13.3. The van der Waals surface area contributed by atoms with E-state index in [9.17, 15) is 15.0 Å². The maximum atomic E-state index is 11.6. The summed E-state index contributed by atoms with van der Waals surface area (Å²) in [5, 5.41) is 22.7. The second kappa shape index (κ2) is 8.82. The van der Waals surface area contributed by atoms with Gasteiger partial charge < -0.3 is 20.3 Å². The summed E-state index contributed by atoms with van der Waals surface area (Å²) in [4.78, 5) is 11.6. The van der Waals surface area contributed by atoms with Crippen molar-refractivity contribution >= 4 is 22.0 Å². The average molecular weight is 394 g/mol. The molecule has 3 N–H and O–H groups in total. The van der Waals surface area contributed by atoms with E-state index in [0.29, 0.717) is 5.56 Å². The SMILES string of the molecule is Cc1cc(C(O)C(O)CNC(=O)OCc2ccccc2)ccc1Br. The fourth-order valence-electron chi connectivity index (χ4n) is 2.15. The Morgan fingerprint density at radius 1 is 1.21 bits per heavy atom. The van der Waals surface area contributed by atoms with Crippen LogP contribution in [0.2, 0.25) is 0 Å². The summed E-state index contributed by atoms with van der Waals surface area (Å²) < 4.78 is 5.98. The van der Waals surface area contributed by atoms with Gasteiger partial charge in [0.25, 0.3) is 0 Å². The molecular formula is C18H20BrNO4. The van der Waals surface area contributed by atoms with E-state index in [0.717, 1.165) is 15.6 Å². The molecule has 128 valence electrons. The first-order chi connectivity index (χ1) is 11.5. The zero-order valence-corrected chi connectivity index (χ0v) is 14.9. The summed E-state index contributed by atoms with van der Waals surface area (Å²) in [6.07, 6.45) is -2.86. The van der Waals surface area contributed by atoms with Crippen molar-refractivity contribution in [1.29, 1.82) is 0 Å². The van der Waals surface area contributed by atoms with E-state index in [-0.39, 0.29) is 13.2 Å². The van der Waals surface area contributed by atoms with Gasteiger partial charge in [-0.15, -0.1) is 0 Å². The molecule has 0 spiro atoms. The standard InChI is InChI=1S/C18H20BrNO4/c1-12-9-14(7-8-15(12)19)17(22)16(21)10-20-18(23)24-11-13-5-3-2-4-6-13/h2-9,16-17,21-22H,10-11H2,1H3,(H,20,23). The van der Waals surface area contributed by atoms with Gasteiger partial charge in [-0.05, 0) is 29.7 Å². The molecule has 1 amide bonds. The van der Waals surface area contributed by atoms with Crippen LogP contribution in [0.3, 0.4) is 0 Å². The molecule has 0 bridgehead atoms. The lowest BCUT2D eigenvalue weighted by atomic mass is 10.0. The quantitative estimate of drug-likeness (QED) is 0.704. The van der Waals surface area contributed by atoms with Gasteiger partial charge in [-0.25, -0.2) is 4.79 Å². The van der Waals surface area contributed by atoms with Crippen LogP contribution >= 0.6 is 15.9 Å². The van der Waals surface area contributed by atoms with Gasteiger partial charge in [-0.1, -0.05) is 58.4 Å². The predicted octanol–water partition coefficient (Wildman–Crippen LogP) is 3.08. The van der Waals surface area contributed by atoms with Crippen LogP contribution in [0.15, 0.2) is 53.0 Å². The Hall–Kier alpha value is -1.89. The maximum absolute atomic E-state index is 11.6. The van der Waals surface area contributed by atoms with Crippen molar-refractivity contribution in [2.24, 2.45) is 0 Å². The van der Waals surface area contributed by atoms with Crippen molar-refractivity contribution in [3.63, 3.8) is 0 Å². The van der Waals surface area contributed by atoms with Crippen LogP contribution in [0.1, 0.15) is 22.8 Å². The van der Waals surface area contributed by atoms with Crippen LogP contribution in [-0.2, 0) is 11.3 Å². The number of aliphatic hydroxyl groups excluding tert-OH is 2. The molecule has 2 rings (SSSR count). The van der Waals surface area contributed by atoms with Gasteiger partial charge in [0.2, 0.25) is 0 Å². The number of aryl methyl sites for hydroxylation is 1. The highest BCUT2D eigenvalue weighted by Gasteiger charge is 2.19. The topological polar surface area (TPSA) is 78.8 Å². The molecule has 0 radical (unpaired) electrons. The van der Waals surface area contributed by atoms with Crippen molar-refractivity contribution < 1.29 is 19.7 Å². The molecule has 24 heavy (non-hydrogen) atoms. The molecule has 0 aliphatic heterocycles. The third-order valence-corrected chi connectivity index (χ3v) is 4.45. The predicted molar refractivity (Wildman–Crippen MR) is 94.5 cm³/mol. The van der Waals surface area contributed by atoms with Gasteiger partial charge in [0, 0.05) is 11.0 Å². The van der Waals surface area contributed by atoms with Gasteiger partial charge in [0.1, 0.15) is 18.8 Å². The van der Waals surface area contributed by atoms with Crippen molar-refractivity contribution in [1.82, 2.24) is 5.32 Å². The number of carbonyl (C=O) groups is 1. The molecule has 5 nitrogen and oxygen atoms in total. The summed E-state index contributed by atoms with van der Waals surface area (Å²) in [7, 11) is 0. The van der Waals surface area contributed by atoms with Crippen LogP contribution in [0.5, 0.6) is 0 Å². The fraction of sp³-hybridized carbons (Fsp3) is 0.278. The van der Waals surface area contributed by atoms with Crippen LogP contribution in [-0.4, -0.2) is 29.0 Å². The normalized spacial score (nSPS) is 13.2. The first-order valence-corrected chi connectivity index (χ1v) is 8.33. The minimum atomic E-state index is -1.13.